The van der Waals surface area contributed by atoms with E-state index in [1.54, 1.807) is 25.3 Å². The molecule has 2 aromatic rings. The SMILES string of the molecule is Cc1ccc(C)c(S(=O)(=O)Nc2ccc(NC3CCCC3)cn2)c1. The molecule has 1 aliphatic carbocycles. The molecule has 1 saturated carbocycles. The first-order chi connectivity index (χ1) is 11.4. The van der Waals surface area contributed by atoms with Gasteiger partial charge in [-0.2, -0.15) is 0 Å². The average molecular weight is 345 g/mol. The molecule has 0 radical (unpaired) electrons. The summed E-state index contributed by atoms with van der Waals surface area (Å²) in [6, 6.07) is 9.45. The third-order valence-electron chi connectivity index (χ3n) is 4.36. The second kappa shape index (κ2) is 6.81. The lowest BCUT2D eigenvalue weighted by molar-refractivity contribution is 0.600. The number of benzene rings is 1. The second-order valence-electron chi connectivity index (χ2n) is 6.43. The lowest BCUT2D eigenvalue weighted by Crippen LogP contribution is -2.16. The van der Waals surface area contributed by atoms with Gasteiger partial charge in [0.05, 0.1) is 16.8 Å². The van der Waals surface area contributed by atoms with Gasteiger partial charge in [-0.15, -0.1) is 0 Å². The van der Waals surface area contributed by atoms with Crippen molar-refractivity contribution in [3.05, 3.63) is 47.7 Å². The van der Waals surface area contributed by atoms with E-state index in [2.05, 4.69) is 15.0 Å². The van der Waals surface area contributed by atoms with Gasteiger partial charge in [0.1, 0.15) is 5.82 Å². The topological polar surface area (TPSA) is 71.1 Å². The Morgan fingerprint density at radius 3 is 2.50 bits per heavy atom. The smallest absolute Gasteiger partial charge is 0.263 e. The van der Waals surface area contributed by atoms with Gasteiger partial charge in [0.15, 0.2) is 0 Å². The number of nitrogens with one attached hydrogen (secondary N) is 2. The molecule has 0 aliphatic heterocycles. The van der Waals surface area contributed by atoms with Crippen LogP contribution in [-0.4, -0.2) is 19.4 Å². The number of rotatable bonds is 5. The summed E-state index contributed by atoms with van der Waals surface area (Å²) >= 11 is 0. The zero-order valence-corrected chi connectivity index (χ0v) is 14.9. The molecule has 1 aliphatic rings. The third-order valence-corrected chi connectivity index (χ3v) is 5.86. The molecule has 1 aromatic carbocycles. The molecule has 1 aromatic heterocycles. The first-order valence-electron chi connectivity index (χ1n) is 8.27. The van der Waals surface area contributed by atoms with Gasteiger partial charge in [0.2, 0.25) is 0 Å². The summed E-state index contributed by atoms with van der Waals surface area (Å²) < 4.78 is 27.7. The molecule has 2 N–H and O–H groups in total. The first-order valence-corrected chi connectivity index (χ1v) is 9.75. The van der Waals surface area contributed by atoms with Gasteiger partial charge in [-0.3, -0.25) is 4.72 Å². The molecule has 5 nitrogen and oxygen atoms in total. The van der Waals surface area contributed by atoms with Crippen LogP contribution in [0.2, 0.25) is 0 Å². The quantitative estimate of drug-likeness (QED) is 0.863. The van der Waals surface area contributed by atoms with Gasteiger partial charge in [-0.1, -0.05) is 25.0 Å². The summed E-state index contributed by atoms with van der Waals surface area (Å²) in [4.78, 5) is 4.52. The molecular formula is C18H23N3O2S. The number of hydrogen-bond donors (Lipinski definition) is 2. The number of sulfonamides is 1. The Balaban J connectivity index is 1.73. The van der Waals surface area contributed by atoms with E-state index in [0.717, 1.165) is 11.3 Å². The normalized spacial score (nSPS) is 15.4. The fraction of sp³-hybridized carbons (Fsp3) is 0.389. The van der Waals surface area contributed by atoms with Crippen molar-refractivity contribution < 1.29 is 8.42 Å². The minimum Gasteiger partial charge on any atom is -0.381 e. The van der Waals surface area contributed by atoms with Crippen LogP contribution in [0.5, 0.6) is 0 Å². The van der Waals surface area contributed by atoms with E-state index < -0.39 is 10.0 Å². The Bertz CT molecular complexity index is 811. The van der Waals surface area contributed by atoms with Gasteiger partial charge in [0.25, 0.3) is 10.0 Å². The summed E-state index contributed by atoms with van der Waals surface area (Å²) in [7, 11) is -3.63. The van der Waals surface area contributed by atoms with Crippen LogP contribution in [0.25, 0.3) is 0 Å². The van der Waals surface area contributed by atoms with Crippen LogP contribution in [-0.2, 0) is 10.0 Å². The van der Waals surface area contributed by atoms with Crippen LogP contribution in [0.4, 0.5) is 11.5 Å². The second-order valence-corrected chi connectivity index (χ2v) is 8.08. The van der Waals surface area contributed by atoms with Gasteiger partial charge in [-0.25, -0.2) is 13.4 Å². The lowest BCUT2D eigenvalue weighted by Gasteiger charge is -2.14. The Kier molecular flexibility index (Phi) is 4.76. The van der Waals surface area contributed by atoms with E-state index in [1.165, 1.54) is 25.7 Å². The molecule has 0 saturated heterocycles. The van der Waals surface area contributed by atoms with E-state index in [0.29, 0.717) is 17.4 Å². The van der Waals surface area contributed by atoms with Gasteiger partial charge >= 0.3 is 0 Å². The van der Waals surface area contributed by atoms with Crippen LogP contribution in [0.1, 0.15) is 36.8 Å². The maximum absolute atomic E-state index is 12.6. The summed E-state index contributed by atoms with van der Waals surface area (Å²) in [5.74, 6) is 0.327. The summed E-state index contributed by atoms with van der Waals surface area (Å²) in [5.41, 5.74) is 2.55. The Morgan fingerprint density at radius 2 is 1.83 bits per heavy atom. The van der Waals surface area contributed by atoms with Crippen molar-refractivity contribution in [2.45, 2.75) is 50.5 Å². The van der Waals surface area contributed by atoms with Crippen molar-refractivity contribution >= 4 is 21.5 Å². The lowest BCUT2D eigenvalue weighted by atomic mass is 10.2. The van der Waals surface area contributed by atoms with Gasteiger partial charge in [0, 0.05) is 6.04 Å². The Morgan fingerprint density at radius 1 is 1.08 bits per heavy atom. The molecule has 1 heterocycles. The first kappa shape index (κ1) is 16.8. The molecule has 1 fully saturated rings. The third kappa shape index (κ3) is 3.87. The highest BCUT2D eigenvalue weighted by molar-refractivity contribution is 7.92. The summed E-state index contributed by atoms with van der Waals surface area (Å²) in [5, 5.41) is 3.44. The number of aryl methyl sites for hydroxylation is 2. The Hall–Kier alpha value is -2.08. The summed E-state index contributed by atoms with van der Waals surface area (Å²) in [6.07, 6.45) is 6.57. The predicted octanol–water partition coefficient (Wildman–Crippen LogP) is 3.85. The maximum Gasteiger partial charge on any atom is 0.263 e. The van der Waals surface area contributed by atoms with Crippen LogP contribution >= 0.6 is 0 Å². The fourth-order valence-corrected chi connectivity index (χ4v) is 4.37. The highest BCUT2D eigenvalue weighted by Crippen LogP contribution is 2.23. The predicted molar refractivity (Wildman–Crippen MR) is 96.8 cm³/mol. The number of aromatic nitrogens is 1. The molecule has 24 heavy (non-hydrogen) atoms. The van der Waals surface area contributed by atoms with Crippen molar-refractivity contribution in [3.63, 3.8) is 0 Å². The Labute approximate surface area is 143 Å². The monoisotopic (exact) mass is 345 g/mol. The standard InChI is InChI=1S/C18H23N3O2S/c1-13-7-8-14(2)17(11-13)24(22,23)21-18-10-9-16(12-19-18)20-15-5-3-4-6-15/h7-12,15,20H,3-6H2,1-2H3,(H,19,21). The van der Waals surface area contributed by atoms with Crippen molar-refractivity contribution in [1.82, 2.24) is 4.98 Å². The van der Waals surface area contributed by atoms with Crippen molar-refractivity contribution in [1.29, 1.82) is 0 Å². The van der Waals surface area contributed by atoms with E-state index in [9.17, 15) is 8.42 Å². The molecule has 3 rings (SSSR count). The number of nitrogens with zero attached hydrogens (tertiary/aromatic N) is 1. The largest absolute Gasteiger partial charge is 0.381 e. The molecule has 0 bridgehead atoms. The number of hydrogen-bond acceptors (Lipinski definition) is 4. The minimum atomic E-state index is -3.63. The van der Waals surface area contributed by atoms with Crippen molar-refractivity contribution in [3.8, 4) is 0 Å². The van der Waals surface area contributed by atoms with E-state index in [4.69, 9.17) is 0 Å². The molecule has 0 spiro atoms. The molecule has 0 unspecified atom stereocenters. The van der Waals surface area contributed by atoms with E-state index >= 15 is 0 Å². The highest BCUT2D eigenvalue weighted by Gasteiger charge is 2.18. The molecular weight excluding hydrogens is 322 g/mol. The zero-order chi connectivity index (χ0) is 17.2. The van der Waals surface area contributed by atoms with Crippen LogP contribution in [0.15, 0.2) is 41.4 Å². The fourth-order valence-electron chi connectivity index (χ4n) is 3.03. The number of pyridine rings is 1. The van der Waals surface area contributed by atoms with Crippen molar-refractivity contribution in [2.75, 3.05) is 10.0 Å². The van der Waals surface area contributed by atoms with Crippen molar-refractivity contribution in [2.24, 2.45) is 0 Å². The molecule has 0 amide bonds. The minimum absolute atomic E-state index is 0.289. The van der Waals surface area contributed by atoms with Crippen LogP contribution in [0, 0.1) is 13.8 Å². The van der Waals surface area contributed by atoms with Gasteiger partial charge in [-0.05, 0) is 56.0 Å². The van der Waals surface area contributed by atoms with Crippen LogP contribution in [0.3, 0.4) is 0 Å². The van der Waals surface area contributed by atoms with E-state index in [-0.39, 0.29) is 4.90 Å². The zero-order valence-electron chi connectivity index (χ0n) is 14.0. The molecule has 0 atom stereocenters. The van der Waals surface area contributed by atoms with E-state index in [1.807, 2.05) is 25.1 Å². The highest BCUT2D eigenvalue weighted by atomic mass is 32.2. The summed E-state index contributed by atoms with van der Waals surface area (Å²) in [6.45, 7) is 3.66. The maximum atomic E-state index is 12.6. The number of anilines is 2. The average Bonchev–Trinajstić information content (AvgIpc) is 3.04. The van der Waals surface area contributed by atoms with Gasteiger partial charge < -0.3 is 5.32 Å². The molecule has 6 heteroatoms. The van der Waals surface area contributed by atoms with Crippen LogP contribution < -0.4 is 10.0 Å². The molecule has 128 valence electrons.